The van der Waals surface area contributed by atoms with Crippen molar-refractivity contribution in [2.24, 2.45) is 0 Å². The Kier molecular flexibility index (Phi) is 4.75. The summed E-state index contributed by atoms with van der Waals surface area (Å²) in [5.74, 6) is -0.0851. The van der Waals surface area contributed by atoms with Gasteiger partial charge in [-0.1, -0.05) is 29.8 Å². The first-order valence-corrected chi connectivity index (χ1v) is 6.73. The van der Waals surface area contributed by atoms with E-state index in [1.165, 1.54) is 17.2 Å². The molecule has 1 N–H and O–H groups in total. The van der Waals surface area contributed by atoms with Crippen LogP contribution in [0.15, 0.2) is 36.5 Å². The lowest BCUT2D eigenvalue weighted by molar-refractivity contribution is 0.0784. The topological polar surface area (TPSA) is 45.2 Å². The van der Waals surface area contributed by atoms with Crippen LogP contribution in [0.25, 0.3) is 0 Å². The SMILES string of the molecule is CNc1cc(C(=O)N(C)Cc2ccccc2F)c(Cl)cn1. The first kappa shape index (κ1) is 15.3. The zero-order valence-electron chi connectivity index (χ0n) is 11.7. The van der Waals surface area contributed by atoms with Crippen molar-refractivity contribution >= 4 is 23.3 Å². The molecule has 0 fully saturated rings. The molecular weight excluding hydrogens is 293 g/mol. The summed E-state index contributed by atoms with van der Waals surface area (Å²) in [5.41, 5.74) is 0.780. The summed E-state index contributed by atoms with van der Waals surface area (Å²) in [5, 5.41) is 3.11. The molecule has 2 aromatic rings. The first-order valence-electron chi connectivity index (χ1n) is 6.35. The van der Waals surface area contributed by atoms with E-state index in [0.717, 1.165) is 0 Å². The number of halogens is 2. The normalized spacial score (nSPS) is 10.3. The van der Waals surface area contributed by atoms with E-state index >= 15 is 0 Å². The van der Waals surface area contributed by atoms with Crippen LogP contribution >= 0.6 is 11.6 Å². The van der Waals surface area contributed by atoms with Crippen LogP contribution in [-0.2, 0) is 6.54 Å². The summed E-state index contributed by atoms with van der Waals surface area (Å²) >= 11 is 6.01. The Labute approximate surface area is 127 Å². The van der Waals surface area contributed by atoms with Crippen LogP contribution in [0.2, 0.25) is 5.02 Å². The van der Waals surface area contributed by atoms with Gasteiger partial charge in [0.1, 0.15) is 11.6 Å². The molecular formula is C15H15ClFN3O. The summed E-state index contributed by atoms with van der Waals surface area (Å²) in [7, 11) is 3.30. The van der Waals surface area contributed by atoms with Crippen molar-refractivity contribution in [2.45, 2.75) is 6.54 Å². The van der Waals surface area contributed by atoms with E-state index in [9.17, 15) is 9.18 Å². The molecule has 6 heteroatoms. The highest BCUT2D eigenvalue weighted by Crippen LogP contribution is 2.20. The lowest BCUT2D eigenvalue weighted by Gasteiger charge is -2.18. The number of hydrogen-bond donors (Lipinski definition) is 1. The Bertz CT molecular complexity index is 663. The van der Waals surface area contributed by atoms with Crippen molar-refractivity contribution < 1.29 is 9.18 Å². The van der Waals surface area contributed by atoms with Gasteiger partial charge >= 0.3 is 0 Å². The molecule has 2 rings (SSSR count). The summed E-state index contributed by atoms with van der Waals surface area (Å²) in [4.78, 5) is 17.9. The number of benzene rings is 1. The van der Waals surface area contributed by atoms with Gasteiger partial charge in [-0.2, -0.15) is 0 Å². The van der Waals surface area contributed by atoms with E-state index in [0.29, 0.717) is 16.9 Å². The van der Waals surface area contributed by atoms with Gasteiger partial charge in [-0.15, -0.1) is 0 Å². The maximum Gasteiger partial charge on any atom is 0.255 e. The molecule has 1 aromatic heterocycles. The summed E-state index contributed by atoms with van der Waals surface area (Å²) in [6.45, 7) is 0.166. The maximum absolute atomic E-state index is 13.6. The van der Waals surface area contributed by atoms with Crippen molar-refractivity contribution in [1.82, 2.24) is 9.88 Å². The molecule has 0 saturated carbocycles. The third-order valence-corrected chi connectivity index (χ3v) is 3.36. The smallest absolute Gasteiger partial charge is 0.255 e. The summed E-state index contributed by atoms with van der Waals surface area (Å²) in [6, 6.07) is 7.93. The van der Waals surface area contributed by atoms with E-state index in [1.807, 2.05) is 0 Å². The van der Waals surface area contributed by atoms with Gasteiger partial charge in [0.15, 0.2) is 0 Å². The number of hydrogen-bond acceptors (Lipinski definition) is 3. The number of nitrogens with one attached hydrogen (secondary N) is 1. The fraction of sp³-hybridized carbons (Fsp3) is 0.200. The molecule has 0 radical (unpaired) electrons. The molecule has 0 bridgehead atoms. The van der Waals surface area contributed by atoms with Crippen LogP contribution in [0, 0.1) is 5.82 Å². The largest absolute Gasteiger partial charge is 0.373 e. The fourth-order valence-corrected chi connectivity index (χ4v) is 2.08. The average molecular weight is 308 g/mol. The number of aromatic nitrogens is 1. The standard InChI is InChI=1S/C15H15ClFN3O/c1-18-14-7-11(12(16)8-19-14)15(21)20(2)9-10-5-3-4-6-13(10)17/h3-8H,9H2,1-2H3,(H,18,19). The third kappa shape index (κ3) is 3.49. The maximum atomic E-state index is 13.6. The summed E-state index contributed by atoms with van der Waals surface area (Å²) in [6.07, 6.45) is 1.41. The first-order chi connectivity index (χ1) is 10.0. The van der Waals surface area contributed by atoms with Gasteiger partial charge in [0, 0.05) is 32.4 Å². The van der Waals surface area contributed by atoms with Crippen LogP contribution in [0.4, 0.5) is 10.2 Å². The molecule has 0 saturated heterocycles. The molecule has 0 aliphatic rings. The molecule has 0 spiro atoms. The van der Waals surface area contributed by atoms with Crippen molar-refractivity contribution in [1.29, 1.82) is 0 Å². The van der Waals surface area contributed by atoms with Gasteiger partial charge in [0.25, 0.3) is 5.91 Å². The van der Waals surface area contributed by atoms with Crippen LogP contribution in [0.3, 0.4) is 0 Å². The Morgan fingerprint density at radius 3 is 2.81 bits per heavy atom. The van der Waals surface area contributed by atoms with Crippen molar-refractivity contribution in [3.63, 3.8) is 0 Å². The van der Waals surface area contributed by atoms with Gasteiger partial charge < -0.3 is 10.2 Å². The zero-order valence-corrected chi connectivity index (χ0v) is 12.5. The predicted molar refractivity (Wildman–Crippen MR) is 81.0 cm³/mol. The number of pyridine rings is 1. The molecule has 21 heavy (non-hydrogen) atoms. The average Bonchev–Trinajstić information content (AvgIpc) is 2.49. The van der Waals surface area contributed by atoms with E-state index in [-0.39, 0.29) is 23.3 Å². The minimum Gasteiger partial charge on any atom is -0.373 e. The number of carbonyl (C=O) groups is 1. The third-order valence-electron chi connectivity index (χ3n) is 3.05. The fourth-order valence-electron chi connectivity index (χ4n) is 1.90. The van der Waals surface area contributed by atoms with Crippen LogP contribution in [0.5, 0.6) is 0 Å². The van der Waals surface area contributed by atoms with Crippen LogP contribution < -0.4 is 5.32 Å². The van der Waals surface area contributed by atoms with Gasteiger partial charge in [-0.05, 0) is 12.1 Å². The second-order valence-electron chi connectivity index (χ2n) is 4.55. The number of carbonyl (C=O) groups excluding carboxylic acids is 1. The second kappa shape index (κ2) is 6.54. The molecule has 0 atom stereocenters. The Balaban J connectivity index is 2.22. The second-order valence-corrected chi connectivity index (χ2v) is 4.96. The van der Waals surface area contributed by atoms with Gasteiger partial charge in [-0.25, -0.2) is 9.37 Å². The highest BCUT2D eigenvalue weighted by molar-refractivity contribution is 6.33. The van der Waals surface area contributed by atoms with Crippen molar-refractivity contribution in [3.8, 4) is 0 Å². The predicted octanol–water partition coefficient (Wildman–Crippen LogP) is 3.19. The van der Waals surface area contributed by atoms with Crippen LogP contribution in [0.1, 0.15) is 15.9 Å². The van der Waals surface area contributed by atoms with Gasteiger partial charge in [-0.3, -0.25) is 4.79 Å². The molecule has 1 aromatic carbocycles. The highest BCUT2D eigenvalue weighted by Gasteiger charge is 2.17. The Morgan fingerprint density at radius 1 is 1.43 bits per heavy atom. The van der Waals surface area contributed by atoms with E-state index in [4.69, 9.17) is 11.6 Å². The molecule has 0 unspecified atom stereocenters. The summed E-state index contributed by atoms with van der Waals surface area (Å²) < 4.78 is 13.6. The highest BCUT2D eigenvalue weighted by atomic mass is 35.5. The van der Waals surface area contributed by atoms with E-state index in [2.05, 4.69) is 10.3 Å². The van der Waals surface area contributed by atoms with E-state index in [1.54, 1.807) is 38.4 Å². The van der Waals surface area contributed by atoms with Gasteiger partial charge in [0.05, 0.1) is 10.6 Å². The van der Waals surface area contributed by atoms with Gasteiger partial charge in [0.2, 0.25) is 0 Å². The molecule has 1 heterocycles. The molecule has 110 valence electrons. The minimum atomic E-state index is -0.339. The van der Waals surface area contributed by atoms with Crippen LogP contribution in [-0.4, -0.2) is 29.9 Å². The molecule has 0 aliphatic heterocycles. The number of rotatable bonds is 4. The van der Waals surface area contributed by atoms with Crippen molar-refractivity contribution in [2.75, 3.05) is 19.4 Å². The zero-order chi connectivity index (χ0) is 15.4. The molecule has 1 amide bonds. The monoisotopic (exact) mass is 307 g/mol. The van der Waals surface area contributed by atoms with E-state index < -0.39 is 0 Å². The van der Waals surface area contributed by atoms with Crippen molar-refractivity contribution in [3.05, 3.63) is 58.5 Å². The number of amides is 1. The lowest BCUT2D eigenvalue weighted by atomic mass is 10.1. The molecule has 0 aliphatic carbocycles. The minimum absolute atomic E-state index is 0.166. The molecule has 4 nitrogen and oxygen atoms in total. The Morgan fingerprint density at radius 2 is 2.14 bits per heavy atom. The Hall–Kier alpha value is -2.14. The number of anilines is 1. The number of nitrogens with zero attached hydrogens (tertiary/aromatic N) is 2. The lowest BCUT2D eigenvalue weighted by Crippen LogP contribution is -2.27. The quantitative estimate of drug-likeness (QED) is 0.943.